The highest BCUT2D eigenvalue weighted by atomic mass is 32.2. The average Bonchev–Trinajstić information content (AvgIpc) is 3.42. The van der Waals surface area contributed by atoms with Crippen LogP contribution in [0.4, 0.5) is 0 Å². The molecule has 10 nitrogen and oxygen atoms in total. The molecule has 14 heteroatoms. The fraction of sp³-hybridized carbons (Fsp3) is 0.200. The number of aliphatic carboxylic acids is 2. The van der Waals surface area contributed by atoms with E-state index in [4.69, 9.17) is 32.8 Å². The number of benzene rings is 1. The van der Waals surface area contributed by atoms with Crippen molar-refractivity contribution in [2.75, 3.05) is 13.2 Å². The lowest BCUT2D eigenvalue weighted by atomic mass is 10.3. The van der Waals surface area contributed by atoms with Crippen LogP contribution in [0.2, 0.25) is 0 Å². The quantitative estimate of drug-likeness (QED) is 0.343. The van der Waals surface area contributed by atoms with Gasteiger partial charge in [0.25, 0.3) is 0 Å². The highest BCUT2D eigenvalue weighted by molar-refractivity contribution is 8.25. The van der Waals surface area contributed by atoms with Gasteiger partial charge in [0.05, 0.1) is 49.9 Å². The topological polar surface area (TPSA) is 149 Å². The molecular weight excluding hydrogens is 521 g/mol. The molecule has 0 aromatic heterocycles. The molecule has 0 spiro atoms. The van der Waals surface area contributed by atoms with Gasteiger partial charge in [-0.15, -0.1) is 0 Å². The second kappa shape index (κ2) is 11.1. The number of ether oxygens (including phenoxy) is 2. The summed E-state index contributed by atoms with van der Waals surface area (Å²) in [6.45, 7) is 14.2. The van der Waals surface area contributed by atoms with E-state index in [0.717, 1.165) is 47.0 Å². The van der Waals surface area contributed by atoms with Gasteiger partial charge in [0, 0.05) is 0 Å². The first-order valence-electron chi connectivity index (χ1n) is 9.02. The fourth-order valence-electron chi connectivity index (χ4n) is 2.57. The molecule has 170 valence electrons. The average molecular weight is 531 g/mol. The molecule has 2 aliphatic heterocycles. The maximum Gasteiger partial charge on any atom is 0.540 e. The van der Waals surface area contributed by atoms with Crippen molar-refractivity contribution in [1.82, 2.24) is 0 Å². The molecule has 0 aliphatic carbocycles. The molecule has 34 heavy (non-hydrogen) atoms. The van der Waals surface area contributed by atoms with Crippen LogP contribution in [-0.4, -0.2) is 35.4 Å². The molecule has 2 N–H and O–H groups in total. The number of carboxylic acids is 2. The van der Waals surface area contributed by atoms with Crippen LogP contribution in [0.5, 0.6) is 11.5 Å². The summed E-state index contributed by atoms with van der Waals surface area (Å²) in [4.78, 5) is 30.4. The highest BCUT2D eigenvalue weighted by Crippen LogP contribution is 2.68. The van der Waals surface area contributed by atoms with Gasteiger partial charge in [-0.1, -0.05) is 47.0 Å². The van der Waals surface area contributed by atoms with Gasteiger partial charge in [0.1, 0.15) is 46.6 Å². The third-order valence-electron chi connectivity index (χ3n) is 3.96. The van der Waals surface area contributed by atoms with E-state index in [-0.39, 0.29) is 37.4 Å². The number of hydrogen-bond acceptors (Lipinski definition) is 10. The number of carboxylic acid groups (broad SMARTS) is 2. The van der Waals surface area contributed by atoms with Gasteiger partial charge >= 0.3 is 17.8 Å². The Morgan fingerprint density at radius 2 is 1.18 bits per heavy atom. The van der Waals surface area contributed by atoms with Gasteiger partial charge in [-0.25, -0.2) is 0 Å². The number of hydrogen-bond donors (Lipinski definition) is 2. The lowest BCUT2D eigenvalue weighted by molar-refractivity contribution is -0.138. The fourth-order valence-corrected chi connectivity index (χ4v) is 7.78. The van der Waals surface area contributed by atoms with E-state index in [1.54, 1.807) is 0 Å². The number of nitrogens with zero attached hydrogens (tertiary/aromatic N) is 4. The van der Waals surface area contributed by atoms with Crippen LogP contribution in [-0.2, 0) is 9.59 Å². The molecule has 0 fully saturated rings. The summed E-state index contributed by atoms with van der Waals surface area (Å²) in [6.07, 6.45) is -0.559. The van der Waals surface area contributed by atoms with E-state index >= 15 is 0 Å². The predicted octanol–water partition coefficient (Wildman–Crippen LogP) is 5.01. The van der Waals surface area contributed by atoms with E-state index in [1.807, 2.05) is 12.1 Å². The van der Waals surface area contributed by atoms with Crippen LogP contribution >= 0.6 is 47.0 Å². The lowest BCUT2D eigenvalue weighted by Gasteiger charge is -2.17. The molecule has 0 atom stereocenters. The zero-order chi connectivity index (χ0) is 24.8. The van der Waals surface area contributed by atoms with Gasteiger partial charge in [-0.05, 0) is 0 Å². The van der Waals surface area contributed by atoms with Gasteiger partial charge in [-0.2, -0.15) is 20.2 Å². The monoisotopic (exact) mass is 530 g/mol. The molecular formula is C20H10N4O6S4. The third-order valence-corrected chi connectivity index (χ3v) is 9.11. The van der Waals surface area contributed by atoms with Crippen molar-refractivity contribution in [2.24, 2.45) is 0 Å². The third kappa shape index (κ3) is 5.22. The first-order valence-corrected chi connectivity index (χ1v) is 12.3. The summed E-state index contributed by atoms with van der Waals surface area (Å²) in [5.41, 5.74) is -0.122. The minimum atomic E-state index is -1.06. The number of carbonyl (C=O) groups is 2. The Morgan fingerprint density at radius 1 is 0.794 bits per heavy atom. The Hall–Kier alpha value is -3.40. The summed E-state index contributed by atoms with van der Waals surface area (Å²) >= 11 is 4.37. The zero-order valence-corrected chi connectivity index (χ0v) is 20.0. The minimum Gasteiger partial charge on any atom is -0.491 e. The summed E-state index contributed by atoms with van der Waals surface area (Å²) in [5.74, 6) is -1.70. The van der Waals surface area contributed by atoms with E-state index in [2.05, 4.69) is 9.69 Å². The highest BCUT2D eigenvalue weighted by Gasteiger charge is 2.39. The normalized spacial score (nSPS) is 12.9. The second-order valence-corrected chi connectivity index (χ2v) is 10.7. The van der Waals surface area contributed by atoms with E-state index in [1.165, 1.54) is 0 Å². The van der Waals surface area contributed by atoms with Crippen LogP contribution in [0.15, 0.2) is 39.5 Å². The Balaban J connectivity index is 2.20. The Labute approximate surface area is 210 Å². The SMILES string of the molecule is [C-]#[N+]C([N+]#[C-])=C1Sc2c(OCCC(=O)O)c3c(c(OCCC(=O)O)c2S1)SC(=C(C#N)C#N)S3. The molecule has 0 saturated carbocycles. The summed E-state index contributed by atoms with van der Waals surface area (Å²) < 4.78 is 12.4. The molecule has 0 radical (unpaired) electrons. The number of rotatable bonds is 8. The first kappa shape index (κ1) is 25.2. The van der Waals surface area contributed by atoms with Crippen molar-refractivity contribution < 1.29 is 29.3 Å². The molecule has 1 aromatic rings. The van der Waals surface area contributed by atoms with Crippen molar-refractivity contribution in [2.45, 2.75) is 32.4 Å². The van der Waals surface area contributed by atoms with Crippen LogP contribution in [0.25, 0.3) is 9.69 Å². The van der Waals surface area contributed by atoms with E-state index in [0.29, 0.717) is 39.6 Å². The van der Waals surface area contributed by atoms with Crippen molar-refractivity contribution in [3.8, 4) is 23.6 Å². The summed E-state index contributed by atoms with van der Waals surface area (Å²) in [7, 11) is 0. The Morgan fingerprint density at radius 3 is 1.50 bits per heavy atom. The molecule has 3 rings (SSSR count). The number of fused-ring (bicyclic) bond motifs is 2. The number of allylic oxidation sites excluding steroid dienone is 1. The van der Waals surface area contributed by atoms with Crippen molar-refractivity contribution in [3.05, 3.63) is 42.7 Å². The molecule has 0 saturated heterocycles. The van der Waals surface area contributed by atoms with Gasteiger partial charge in [0.15, 0.2) is 0 Å². The van der Waals surface area contributed by atoms with Crippen LogP contribution < -0.4 is 9.47 Å². The molecule has 2 aliphatic rings. The van der Waals surface area contributed by atoms with Crippen molar-refractivity contribution in [3.63, 3.8) is 0 Å². The van der Waals surface area contributed by atoms with Crippen molar-refractivity contribution in [1.29, 1.82) is 10.5 Å². The predicted molar refractivity (Wildman–Crippen MR) is 124 cm³/mol. The van der Waals surface area contributed by atoms with Crippen LogP contribution in [0, 0.1) is 35.8 Å². The first-order chi connectivity index (χ1) is 16.3. The summed E-state index contributed by atoms with van der Waals surface area (Å²) in [6, 6.07) is 3.67. The van der Waals surface area contributed by atoms with Gasteiger partial charge in [0.2, 0.25) is 0 Å². The number of thioether (sulfide) groups is 4. The van der Waals surface area contributed by atoms with Crippen LogP contribution in [0.3, 0.4) is 0 Å². The maximum absolute atomic E-state index is 11.0. The van der Waals surface area contributed by atoms with E-state index in [9.17, 15) is 20.1 Å². The zero-order valence-electron chi connectivity index (χ0n) is 16.8. The second-order valence-electron chi connectivity index (χ2n) is 6.09. The van der Waals surface area contributed by atoms with E-state index < -0.39 is 11.9 Å². The largest absolute Gasteiger partial charge is 0.540 e. The Bertz CT molecular complexity index is 1150. The smallest absolute Gasteiger partial charge is 0.491 e. The minimum absolute atomic E-state index is 0.122. The Kier molecular flexibility index (Phi) is 8.27. The summed E-state index contributed by atoms with van der Waals surface area (Å²) in [5, 5.41) is 36.6. The van der Waals surface area contributed by atoms with Gasteiger partial charge < -0.3 is 19.7 Å². The maximum atomic E-state index is 11.0. The van der Waals surface area contributed by atoms with Gasteiger partial charge in [-0.3, -0.25) is 9.59 Å². The molecule has 0 bridgehead atoms. The van der Waals surface area contributed by atoms with Crippen molar-refractivity contribution >= 4 is 59.0 Å². The lowest BCUT2D eigenvalue weighted by Crippen LogP contribution is -2.08. The molecule has 1 aromatic carbocycles. The van der Waals surface area contributed by atoms with Crippen LogP contribution in [0.1, 0.15) is 12.8 Å². The molecule has 0 unspecified atom stereocenters. The standard InChI is InChI=1S/C20H10N4O6S4/c1-23-18(24-2)20-33-16-12(29-5-3-10(25)26)14-15(32-19(31-14)9(7-21)8-22)13(17(16)34-20)30-6-4-11(27)28/h3-6H2,(H,25,26)(H,27,28). The number of nitriles is 2. The molecule has 0 amide bonds. The molecule has 2 heterocycles.